The predicted octanol–water partition coefficient (Wildman–Crippen LogP) is 2.10. The van der Waals surface area contributed by atoms with Gasteiger partial charge >= 0.3 is 0 Å². The fourth-order valence-electron chi connectivity index (χ4n) is 1.68. The Morgan fingerprint density at radius 2 is 1.79 bits per heavy atom. The van der Waals surface area contributed by atoms with Gasteiger partial charge in [-0.1, -0.05) is 6.92 Å². The van der Waals surface area contributed by atoms with Crippen molar-refractivity contribution in [2.45, 2.75) is 58.7 Å². The van der Waals surface area contributed by atoms with Gasteiger partial charge in [-0.3, -0.25) is 0 Å². The van der Waals surface area contributed by atoms with E-state index < -0.39 is 0 Å². The third-order valence-corrected chi connectivity index (χ3v) is 3.59. The molecule has 0 heterocycles. The lowest BCUT2D eigenvalue weighted by atomic mass is 10.0. The Morgan fingerprint density at radius 3 is 2.21 bits per heavy atom. The zero-order valence-corrected chi connectivity index (χ0v) is 10.4. The van der Waals surface area contributed by atoms with E-state index in [2.05, 4.69) is 45.0 Å². The molecule has 0 aromatic rings. The number of nitrogens with one attached hydrogen (secondary N) is 1. The minimum absolute atomic E-state index is 0.647. The lowest BCUT2D eigenvalue weighted by Crippen LogP contribution is -2.42. The van der Waals surface area contributed by atoms with E-state index in [0.717, 1.165) is 12.0 Å². The second kappa shape index (κ2) is 5.13. The number of nitrogens with zero attached hydrogens (tertiary/aromatic N) is 1. The SMILES string of the molecule is CC(CNC1CC1)C(C)N(C)C(C)C. The third-order valence-electron chi connectivity index (χ3n) is 3.59. The molecule has 0 saturated heterocycles. The van der Waals surface area contributed by atoms with E-state index in [9.17, 15) is 0 Å². The smallest absolute Gasteiger partial charge is 0.0104 e. The molecule has 2 atom stereocenters. The van der Waals surface area contributed by atoms with Crippen molar-refractivity contribution in [3.8, 4) is 0 Å². The van der Waals surface area contributed by atoms with Gasteiger partial charge < -0.3 is 10.2 Å². The van der Waals surface area contributed by atoms with Crippen molar-refractivity contribution in [3.05, 3.63) is 0 Å². The fourth-order valence-corrected chi connectivity index (χ4v) is 1.68. The van der Waals surface area contributed by atoms with Gasteiger partial charge in [-0.15, -0.1) is 0 Å². The summed E-state index contributed by atoms with van der Waals surface area (Å²) in [5, 5.41) is 3.60. The molecule has 0 spiro atoms. The largest absolute Gasteiger partial charge is 0.314 e. The zero-order chi connectivity index (χ0) is 10.7. The second-order valence-electron chi connectivity index (χ2n) is 5.16. The van der Waals surface area contributed by atoms with Crippen molar-refractivity contribution in [2.75, 3.05) is 13.6 Å². The summed E-state index contributed by atoms with van der Waals surface area (Å²) in [6.07, 6.45) is 2.78. The Kier molecular flexibility index (Phi) is 4.39. The lowest BCUT2D eigenvalue weighted by Gasteiger charge is -2.33. The van der Waals surface area contributed by atoms with Gasteiger partial charge in [0.2, 0.25) is 0 Å². The number of rotatable bonds is 6. The van der Waals surface area contributed by atoms with Crippen LogP contribution in [0.4, 0.5) is 0 Å². The summed E-state index contributed by atoms with van der Waals surface area (Å²) in [7, 11) is 2.23. The molecule has 1 saturated carbocycles. The van der Waals surface area contributed by atoms with Gasteiger partial charge in [0.1, 0.15) is 0 Å². The highest BCUT2D eigenvalue weighted by molar-refractivity contribution is 4.83. The average Bonchev–Trinajstić information content (AvgIpc) is 2.95. The molecule has 1 N–H and O–H groups in total. The van der Waals surface area contributed by atoms with Crippen molar-refractivity contribution in [1.82, 2.24) is 10.2 Å². The maximum atomic E-state index is 3.60. The highest BCUT2D eigenvalue weighted by atomic mass is 15.2. The van der Waals surface area contributed by atoms with E-state index in [1.54, 1.807) is 0 Å². The topological polar surface area (TPSA) is 15.3 Å². The Balaban J connectivity index is 2.22. The first kappa shape index (κ1) is 12.0. The summed E-state index contributed by atoms with van der Waals surface area (Å²) in [4.78, 5) is 2.46. The molecule has 2 unspecified atom stereocenters. The van der Waals surface area contributed by atoms with E-state index in [1.165, 1.54) is 19.4 Å². The summed E-state index contributed by atoms with van der Waals surface area (Å²) in [6, 6.07) is 2.16. The van der Waals surface area contributed by atoms with Crippen LogP contribution in [0.3, 0.4) is 0 Å². The lowest BCUT2D eigenvalue weighted by molar-refractivity contribution is 0.158. The van der Waals surface area contributed by atoms with Crippen LogP contribution >= 0.6 is 0 Å². The van der Waals surface area contributed by atoms with Crippen molar-refractivity contribution in [1.29, 1.82) is 0 Å². The van der Waals surface area contributed by atoms with E-state index in [4.69, 9.17) is 0 Å². The minimum atomic E-state index is 0.647. The Hall–Kier alpha value is -0.0800. The van der Waals surface area contributed by atoms with Gasteiger partial charge in [-0.25, -0.2) is 0 Å². The summed E-state index contributed by atoms with van der Waals surface area (Å²) >= 11 is 0. The van der Waals surface area contributed by atoms with Gasteiger partial charge in [0.05, 0.1) is 0 Å². The van der Waals surface area contributed by atoms with Crippen LogP contribution in [0.25, 0.3) is 0 Å². The molecule has 0 aromatic carbocycles. The van der Waals surface area contributed by atoms with E-state index >= 15 is 0 Å². The molecule has 0 aliphatic heterocycles. The highest BCUT2D eigenvalue weighted by Crippen LogP contribution is 2.20. The average molecular weight is 198 g/mol. The molecule has 1 fully saturated rings. The molecule has 2 heteroatoms. The molecule has 0 amide bonds. The first-order valence-corrected chi connectivity index (χ1v) is 5.97. The quantitative estimate of drug-likeness (QED) is 0.703. The third kappa shape index (κ3) is 3.58. The minimum Gasteiger partial charge on any atom is -0.314 e. The Morgan fingerprint density at radius 1 is 1.21 bits per heavy atom. The van der Waals surface area contributed by atoms with Gasteiger partial charge in [0.15, 0.2) is 0 Å². The van der Waals surface area contributed by atoms with E-state index in [-0.39, 0.29) is 0 Å². The van der Waals surface area contributed by atoms with Crippen LogP contribution in [0.1, 0.15) is 40.5 Å². The molecule has 1 rings (SSSR count). The maximum absolute atomic E-state index is 3.60. The van der Waals surface area contributed by atoms with E-state index in [1.807, 2.05) is 0 Å². The maximum Gasteiger partial charge on any atom is 0.0104 e. The van der Waals surface area contributed by atoms with Gasteiger partial charge in [-0.2, -0.15) is 0 Å². The number of hydrogen-bond acceptors (Lipinski definition) is 2. The standard InChI is InChI=1S/C12H26N2/c1-9(2)14(5)11(4)10(3)8-13-12-6-7-12/h9-13H,6-8H2,1-5H3. The van der Waals surface area contributed by atoms with Crippen molar-refractivity contribution < 1.29 is 0 Å². The Labute approximate surface area is 89.1 Å². The van der Waals surface area contributed by atoms with Gasteiger partial charge in [0, 0.05) is 18.1 Å². The molecular weight excluding hydrogens is 172 g/mol. The summed E-state index contributed by atoms with van der Waals surface area (Å²) in [6.45, 7) is 10.4. The first-order valence-electron chi connectivity index (χ1n) is 5.97. The normalized spacial score (nSPS) is 21.6. The molecule has 84 valence electrons. The van der Waals surface area contributed by atoms with Crippen LogP contribution in [-0.4, -0.2) is 36.6 Å². The monoisotopic (exact) mass is 198 g/mol. The molecule has 0 aromatic heterocycles. The molecule has 0 bridgehead atoms. The molecule has 0 radical (unpaired) electrons. The fraction of sp³-hybridized carbons (Fsp3) is 1.00. The van der Waals surface area contributed by atoms with Gasteiger partial charge in [-0.05, 0) is 53.1 Å². The summed E-state index contributed by atoms with van der Waals surface area (Å²) < 4.78 is 0. The first-order chi connectivity index (χ1) is 6.52. The van der Waals surface area contributed by atoms with E-state index in [0.29, 0.717) is 12.1 Å². The molecule has 14 heavy (non-hydrogen) atoms. The second-order valence-corrected chi connectivity index (χ2v) is 5.16. The van der Waals surface area contributed by atoms with Crippen LogP contribution in [-0.2, 0) is 0 Å². The van der Waals surface area contributed by atoms with Crippen molar-refractivity contribution >= 4 is 0 Å². The van der Waals surface area contributed by atoms with Crippen LogP contribution in [0.2, 0.25) is 0 Å². The van der Waals surface area contributed by atoms with Crippen molar-refractivity contribution in [2.24, 2.45) is 5.92 Å². The predicted molar refractivity (Wildman–Crippen MR) is 62.5 cm³/mol. The number of hydrogen-bond donors (Lipinski definition) is 1. The molecule has 1 aliphatic carbocycles. The zero-order valence-electron chi connectivity index (χ0n) is 10.4. The molecule has 1 aliphatic rings. The Bertz CT molecular complexity index is 164. The van der Waals surface area contributed by atoms with Crippen LogP contribution < -0.4 is 5.32 Å². The summed E-state index contributed by atoms with van der Waals surface area (Å²) in [5.74, 6) is 0.739. The van der Waals surface area contributed by atoms with Crippen molar-refractivity contribution in [3.63, 3.8) is 0 Å². The van der Waals surface area contributed by atoms with Crippen LogP contribution in [0.15, 0.2) is 0 Å². The summed E-state index contributed by atoms with van der Waals surface area (Å²) in [5.41, 5.74) is 0. The van der Waals surface area contributed by atoms with Gasteiger partial charge in [0.25, 0.3) is 0 Å². The van der Waals surface area contributed by atoms with Crippen LogP contribution in [0, 0.1) is 5.92 Å². The molecular formula is C12H26N2. The highest BCUT2D eigenvalue weighted by Gasteiger charge is 2.24. The molecule has 2 nitrogen and oxygen atoms in total. The van der Waals surface area contributed by atoms with Crippen LogP contribution in [0.5, 0.6) is 0 Å².